The standard InChI is InChI=1S/C10H17N3O/c1-13-9(5-7-12-13)10(14)8-4-2-3-6-11-8/h5,7-8,10-11,14H,2-4,6H2,1H3/t8-,10-/m1/s1. The number of aromatic nitrogens is 2. The molecule has 0 aromatic carbocycles. The molecule has 1 saturated heterocycles. The van der Waals surface area contributed by atoms with E-state index >= 15 is 0 Å². The van der Waals surface area contributed by atoms with Gasteiger partial charge in [-0.2, -0.15) is 5.10 Å². The third-order valence-electron chi connectivity index (χ3n) is 2.89. The second kappa shape index (κ2) is 4.11. The first-order chi connectivity index (χ1) is 6.79. The predicted octanol–water partition coefficient (Wildman–Crippen LogP) is 0.596. The van der Waals surface area contributed by atoms with Gasteiger partial charge in [-0.3, -0.25) is 4.68 Å². The smallest absolute Gasteiger partial charge is 0.111 e. The van der Waals surface area contributed by atoms with Crippen LogP contribution in [0.25, 0.3) is 0 Å². The number of nitrogens with one attached hydrogen (secondary N) is 1. The number of hydrogen-bond acceptors (Lipinski definition) is 3. The van der Waals surface area contributed by atoms with E-state index in [-0.39, 0.29) is 6.04 Å². The molecule has 1 fully saturated rings. The molecule has 0 amide bonds. The molecule has 0 spiro atoms. The lowest BCUT2D eigenvalue weighted by atomic mass is 9.98. The summed E-state index contributed by atoms with van der Waals surface area (Å²) < 4.78 is 1.74. The van der Waals surface area contributed by atoms with Crippen molar-refractivity contribution in [1.29, 1.82) is 0 Å². The molecule has 0 bridgehead atoms. The Morgan fingerprint density at radius 3 is 3.07 bits per heavy atom. The van der Waals surface area contributed by atoms with Gasteiger partial charge in [0.1, 0.15) is 6.10 Å². The molecule has 2 rings (SSSR count). The molecule has 2 atom stereocenters. The summed E-state index contributed by atoms with van der Waals surface area (Å²) in [6, 6.07) is 2.07. The summed E-state index contributed by atoms with van der Waals surface area (Å²) in [5.41, 5.74) is 0.893. The van der Waals surface area contributed by atoms with Crippen molar-refractivity contribution in [3.8, 4) is 0 Å². The van der Waals surface area contributed by atoms with Crippen molar-refractivity contribution in [1.82, 2.24) is 15.1 Å². The van der Waals surface area contributed by atoms with E-state index < -0.39 is 6.10 Å². The maximum atomic E-state index is 10.1. The number of nitrogens with zero attached hydrogens (tertiary/aromatic N) is 2. The summed E-state index contributed by atoms with van der Waals surface area (Å²) >= 11 is 0. The third kappa shape index (κ3) is 1.81. The van der Waals surface area contributed by atoms with Gasteiger partial charge in [0, 0.05) is 19.3 Å². The molecule has 4 heteroatoms. The van der Waals surface area contributed by atoms with Crippen LogP contribution in [0.2, 0.25) is 0 Å². The van der Waals surface area contributed by atoms with Gasteiger partial charge >= 0.3 is 0 Å². The largest absolute Gasteiger partial charge is 0.385 e. The van der Waals surface area contributed by atoms with Crippen LogP contribution in [-0.2, 0) is 7.05 Å². The van der Waals surface area contributed by atoms with Crippen LogP contribution in [0, 0.1) is 0 Å². The van der Waals surface area contributed by atoms with E-state index in [1.165, 1.54) is 12.8 Å². The van der Waals surface area contributed by atoms with E-state index in [9.17, 15) is 5.11 Å². The molecule has 4 nitrogen and oxygen atoms in total. The fourth-order valence-electron chi connectivity index (χ4n) is 2.03. The van der Waals surface area contributed by atoms with Crippen LogP contribution in [-0.4, -0.2) is 27.5 Å². The molecule has 0 aliphatic carbocycles. The van der Waals surface area contributed by atoms with Crippen molar-refractivity contribution >= 4 is 0 Å². The lowest BCUT2D eigenvalue weighted by Gasteiger charge is -2.27. The Labute approximate surface area is 83.9 Å². The van der Waals surface area contributed by atoms with Crippen LogP contribution in [0.4, 0.5) is 0 Å². The van der Waals surface area contributed by atoms with Crippen LogP contribution < -0.4 is 5.32 Å². The SMILES string of the molecule is Cn1nccc1[C@H](O)[C@H]1CCCCN1. The summed E-state index contributed by atoms with van der Waals surface area (Å²) in [5.74, 6) is 0. The minimum absolute atomic E-state index is 0.194. The van der Waals surface area contributed by atoms with E-state index in [0.29, 0.717) is 0 Å². The first-order valence-electron chi connectivity index (χ1n) is 5.18. The highest BCUT2D eigenvalue weighted by molar-refractivity contribution is 5.07. The highest BCUT2D eigenvalue weighted by atomic mass is 16.3. The second-order valence-corrected chi connectivity index (χ2v) is 3.88. The Bertz CT molecular complexity index is 291. The van der Waals surface area contributed by atoms with Gasteiger partial charge in [-0.15, -0.1) is 0 Å². The molecular weight excluding hydrogens is 178 g/mol. The van der Waals surface area contributed by atoms with Gasteiger partial charge in [-0.25, -0.2) is 0 Å². The van der Waals surface area contributed by atoms with Gasteiger partial charge in [-0.1, -0.05) is 6.42 Å². The highest BCUT2D eigenvalue weighted by Crippen LogP contribution is 2.21. The number of rotatable bonds is 2. The van der Waals surface area contributed by atoms with E-state index in [0.717, 1.165) is 18.7 Å². The van der Waals surface area contributed by atoms with Gasteiger partial charge in [0.2, 0.25) is 0 Å². The maximum Gasteiger partial charge on any atom is 0.111 e. The Morgan fingerprint density at radius 1 is 1.64 bits per heavy atom. The van der Waals surface area contributed by atoms with Crippen LogP contribution in [0.5, 0.6) is 0 Å². The van der Waals surface area contributed by atoms with E-state index in [4.69, 9.17) is 0 Å². The van der Waals surface area contributed by atoms with Crippen molar-refractivity contribution in [3.63, 3.8) is 0 Å². The van der Waals surface area contributed by atoms with Crippen LogP contribution in [0.3, 0.4) is 0 Å². The van der Waals surface area contributed by atoms with Crippen molar-refractivity contribution in [3.05, 3.63) is 18.0 Å². The fraction of sp³-hybridized carbons (Fsp3) is 0.700. The van der Waals surface area contributed by atoms with Gasteiger partial charge in [0.25, 0.3) is 0 Å². The van der Waals surface area contributed by atoms with Crippen LogP contribution in [0.15, 0.2) is 12.3 Å². The molecule has 1 aliphatic heterocycles. The van der Waals surface area contributed by atoms with Gasteiger partial charge < -0.3 is 10.4 Å². The van der Waals surface area contributed by atoms with Crippen molar-refractivity contribution < 1.29 is 5.11 Å². The average Bonchev–Trinajstić information content (AvgIpc) is 2.65. The van der Waals surface area contributed by atoms with Gasteiger partial charge in [0.15, 0.2) is 0 Å². The molecule has 78 valence electrons. The maximum absolute atomic E-state index is 10.1. The number of hydrogen-bond donors (Lipinski definition) is 2. The van der Waals surface area contributed by atoms with Crippen LogP contribution >= 0.6 is 0 Å². The first-order valence-corrected chi connectivity index (χ1v) is 5.18. The summed E-state index contributed by atoms with van der Waals surface area (Å²) in [4.78, 5) is 0. The molecule has 0 unspecified atom stereocenters. The number of aryl methyl sites for hydroxylation is 1. The Kier molecular flexibility index (Phi) is 2.84. The molecule has 1 aromatic heterocycles. The normalized spacial score (nSPS) is 24.9. The molecule has 1 aliphatic rings. The minimum atomic E-state index is -0.428. The average molecular weight is 195 g/mol. The lowest BCUT2D eigenvalue weighted by Crippen LogP contribution is -2.39. The summed E-state index contributed by atoms with van der Waals surface area (Å²) in [7, 11) is 1.86. The van der Waals surface area contributed by atoms with Crippen molar-refractivity contribution in [2.75, 3.05) is 6.54 Å². The van der Waals surface area contributed by atoms with Crippen molar-refractivity contribution in [2.45, 2.75) is 31.4 Å². The lowest BCUT2D eigenvalue weighted by molar-refractivity contribution is 0.106. The number of piperidine rings is 1. The number of aliphatic hydroxyl groups excluding tert-OH is 1. The highest BCUT2D eigenvalue weighted by Gasteiger charge is 2.24. The molecule has 0 saturated carbocycles. The quantitative estimate of drug-likeness (QED) is 0.726. The molecular formula is C10H17N3O. The first kappa shape index (κ1) is 9.68. The molecule has 2 heterocycles. The minimum Gasteiger partial charge on any atom is -0.385 e. The zero-order valence-corrected chi connectivity index (χ0v) is 8.48. The third-order valence-corrected chi connectivity index (χ3v) is 2.89. The van der Waals surface area contributed by atoms with E-state index in [1.807, 2.05) is 13.1 Å². The molecule has 2 N–H and O–H groups in total. The molecule has 0 radical (unpaired) electrons. The Hall–Kier alpha value is -0.870. The topological polar surface area (TPSA) is 50.1 Å². The fourth-order valence-corrected chi connectivity index (χ4v) is 2.03. The van der Waals surface area contributed by atoms with E-state index in [2.05, 4.69) is 10.4 Å². The zero-order chi connectivity index (χ0) is 9.97. The summed E-state index contributed by atoms with van der Waals surface area (Å²) in [5, 5.41) is 17.5. The van der Waals surface area contributed by atoms with E-state index in [1.54, 1.807) is 10.9 Å². The van der Waals surface area contributed by atoms with Crippen LogP contribution in [0.1, 0.15) is 31.1 Å². The van der Waals surface area contributed by atoms with Gasteiger partial charge in [0.05, 0.1) is 5.69 Å². The Morgan fingerprint density at radius 2 is 2.50 bits per heavy atom. The number of aliphatic hydroxyl groups is 1. The zero-order valence-electron chi connectivity index (χ0n) is 8.48. The predicted molar refractivity (Wildman–Crippen MR) is 53.8 cm³/mol. The molecule has 14 heavy (non-hydrogen) atoms. The van der Waals surface area contributed by atoms with Gasteiger partial charge in [-0.05, 0) is 25.5 Å². The summed E-state index contributed by atoms with van der Waals surface area (Å²) in [6.45, 7) is 1.01. The summed E-state index contributed by atoms with van der Waals surface area (Å²) in [6.07, 6.45) is 4.76. The molecule has 1 aromatic rings. The second-order valence-electron chi connectivity index (χ2n) is 3.88. The monoisotopic (exact) mass is 195 g/mol. The Balaban J connectivity index is 2.07. The van der Waals surface area contributed by atoms with Crippen molar-refractivity contribution in [2.24, 2.45) is 7.05 Å².